The van der Waals surface area contributed by atoms with Gasteiger partial charge >= 0.3 is 5.97 Å². The van der Waals surface area contributed by atoms with E-state index in [-0.39, 0.29) is 46.3 Å². The van der Waals surface area contributed by atoms with Crippen molar-refractivity contribution in [3.8, 4) is 0 Å². The lowest BCUT2D eigenvalue weighted by Gasteiger charge is -2.62. The minimum Gasteiger partial charge on any atom is -0.462 e. The summed E-state index contributed by atoms with van der Waals surface area (Å²) in [6.45, 7) is 7.47. The van der Waals surface area contributed by atoms with Crippen LogP contribution in [0.2, 0.25) is 0 Å². The summed E-state index contributed by atoms with van der Waals surface area (Å²) in [7, 11) is 1.71. The third-order valence-electron chi connectivity index (χ3n) is 8.89. The molecule has 0 aromatic rings. The van der Waals surface area contributed by atoms with Crippen molar-refractivity contribution in [2.45, 2.75) is 89.3 Å². The maximum Gasteiger partial charge on any atom is 0.312 e. The van der Waals surface area contributed by atoms with Crippen LogP contribution < -0.4 is 0 Å². The Balaban J connectivity index is 1.55. The number of ether oxygens (including phenoxy) is 4. The van der Waals surface area contributed by atoms with E-state index in [0.29, 0.717) is 12.5 Å². The van der Waals surface area contributed by atoms with Crippen LogP contribution in [0.1, 0.15) is 65.7 Å². The molecule has 2 aliphatic carbocycles. The average Bonchev–Trinajstić information content (AvgIpc) is 3.25. The topological polar surface area (TPSA) is 54.0 Å². The van der Waals surface area contributed by atoms with Gasteiger partial charge in [0.1, 0.15) is 6.10 Å². The minimum atomic E-state index is -0.342. The molecule has 2 saturated carbocycles. The number of carbonyl (C=O) groups is 1. The van der Waals surface area contributed by atoms with Crippen LogP contribution in [-0.4, -0.2) is 43.3 Å². The molecular formula is C21H32O5. The normalized spacial score (nSPS) is 58.4. The molecule has 2 spiro atoms. The Morgan fingerprint density at radius 3 is 2.69 bits per heavy atom. The van der Waals surface area contributed by atoms with Crippen LogP contribution in [0.4, 0.5) is 0 Å². The van der Waals surface area contributed by atoms with E-state index in [0.717, 1.165) is 44.9 Å². The standard InChI is InChI=1S/C21H32O5/c1-13-10-14-16-18(2,17(22)25-14)6-5-7-19(16,3)21(13)9-8-20(26-21)11-15(23-4)24-12-20/h13-16H,5-12H2,1-4H3/t13-,14?,15+,16?,18+,19+,20-,21-/m1/s1. The monoisotopic (exact) mass is 364 g/mol. The van der Waals surface area contributed by atoms with E-state index in [4.69, 9.17) is 18.9 Å². The molecule has 0 radical (unpaired) electrons. The molecule has 3 heterocycles. The second-order valence-corrected chi connectivity index (χ2v) is 10.1. The Hall–Kier alpha value is -0.650. The first-order chi connectivity index (χ1) is 12.3. The lowest BCUT2D eigenvalue weighted by molar-refractivity contribution is -0.251. The third kappa shape index (κ3) is 1.90. The maximum absolute atomic E-state index is 12.8. The molecule has 2 unspecified atom stereocenters. The van der Waals surface area contributed by atoms with Gasteiger partial charge in [-0.1, -0.05) is 20.3 Å². The van der Waals surface area contributed by atoms with Crippen molar-refractivity contribution in [1.82, 2.24) is 0 Å². The van der Waals surface area contributed by atoms with Crippen LogP contribution in [0, 0.1) is 22.7 Å². The van der Waals surface area contributed by atoms with Gasteiger partial charge in [0.05, 0.1) is 23.2 Å². The van der Waals surface area contributed by atoms with Crippen LogP contribution in [0.3, 0.4) is 0 Å². The molecule has 5 heteroatoms. The Labute approximate surface area is 156 Å². The van der Waals surface area contributed by atoms with Crippen LogP contribution in [-0.2, 0) is 23.7 Å². The van der Waals surface area contributed by atoms with Crippen molar-refractivity contribution in [3.63, 3.8) is 0 Å². The highest BCUT2D eigenvalue weighted by atomic mass is 16.7. The van der Waals surface area contributed by atoms with E-state index in [2.05, 4.69) is 20.8 Å². The van der Waals surface area contributed by atoms with Gasteiger partial charge in [0, 0.05) is 24.9 Å². The van der Waals surface area contributed by atoms with Crippen LogP contribution in [0.15, 0.2) is 0 Å². The molecule has 0 amide bonds. The molecule has 0 bridgehead atoms. The zero-order valence-electron chi connectivity index (χ0n) is 16.5. The van der Waals surface area contributed by atoms with Crippen LogP contribution in [0.25, 0.3) is 0 Å². The summed E-state index contributed by atoms with van der Waals surface area (Å²) < 4.78 is 24.3. The van der Waals surface area contributed by atoms with Crippen LogP contribution in [0.5, 0.6) is 0 Å². The SMILES string of the molecule is CO[C@@H]1C[C@]2(CC[C@@]3(O2)[C@H](C)CC2OC(=O)[C@@]4(C)CCC[C@@]3(C)C24)CO1. The second-order valence-electron chi connectivity index (χ2n) is 10.1. The summed E-state index contributed by atoms with van der Waals surface area (Å²) in [5, 5.41) is 0. The Morgan fingerprint density at radius 2 is 1.96 bits per heavy atom. The summed E-state index contributed by atoms with van der Waals surface area (Å²) in [5.74, 6) is 0.671. The van der Waals surface area contributed by atoms with Crippen molar-refractivity contribution in [2.24, 2.45) is 22.7 Å². The number of carbonyl (C=O) groups excluding carboxylic acids is 1. The molecule has 5 aliphatic rings. The molecule has 3 aliphatic heterocycles. The van der Waals surface area contributed by atoms with Gasteiger partial charge < -0.3 is 18.9 Å². The highest BCUT2D eigenvalue weighted by molar-refractivity contribution is 5.80. The zero-order valence-corrected chi connectivity index (χ0v) is 16.5. The van der Waals surface area contributed by atoms with E-state index in [9.17, 15) is 4.79 Å². The van der Waals surface area contributed by atoms with Crippen molar-refractivity contribution in [2.75, 3.05) is 13.7 Å². The second kappa shape index (κ2) is 5.24. The van der Waals surface area contributed by atoms with Gasteiger partial charge in [0.25, 0.3) is 0 Å². The zero-order chi connectivity index (χ0) is 18.4. The fourth-order valence-electron chi connectivity index (χ4n) is 7.70. The fourth-order valence-corrected chi connectivity index (χ4v) is 7.70. The van der Waals surface area contributed by atoms with E-state index in [1.54, 1.807) is 7.11 Å². The first-order valence-electron chi connectivity index (χ1n) is 10.3. The predicted octanol–water partition coefficient (Wildman–Crippen LogP) is 3.45. The summed E-state index contributed by atoms with van der Waals surface area (Å²) >= 11 is 0. The molecule has 0 aromatic heterocycles. The van der Waals surface area contributed by atoms with Crippen LogP contribution >= 0.6 is 0 Å². The molecule has 146 valence electrons. The Kier molecular flexibility index (Phi) is 3.51. The first kappa shape index (κ1) is 17.4. The van der Waals surface area contributed by atoms with Crippen molar-refractivity contribution in [3.05, 3.63) is 0 Å². The molecule has 3 saturated heterocycles. The number of rotatable bonds is 1. The molecule has 0 aromatic carbocycles. The highest BCUT2D eigenvalue weighted by Crippen LogP contribution is 2.70. The molecule has 8 atom stereocenters. The smallest absolute Gasteiger partial charge is 0.312 e. The van der Waals surface area contributed by atoms with Crippen molar-refractivity contribution >= 4 is 5.97 Å². The van der Waals surface area contributed by atoms with Gasteiger partial charge in [-0.3, -0.25) is 4.79 Å². The molecular weight excluding hydrogens is 332 g/mol. The number of hydrogen-bond donors (Lipinski definition) is 0. The first-order valence-corrected chi connectivity index (χ1v) is 10.3. The average molecular weight is 364 g/mol. The lowest BCUT2D eigenvalue weighted by atomic mass is 9.44. The van der Waals surface area contributed by atoms with Gasteiger partial charge in [0.2, 0.25) is 0 Å². The van der Waals surface area contributed by atoms with E-state index < -0.39 is 0 Å². The Bertz CT molecular complexity index is 636. The number of fused-ring (bicyclic) bond motifs is 1. The van der Waals surface area contributed by atoms with E-state index in [1.807, 2.05) is 0 Å². The molecule has 5 rings (SSSR count). The van der Waals surface area contributed by atoms with Gasteiger partial charge in [-0.25, -0.2) is 0 Å². The predicted molar refractivity (Wildman–Crippen MR) is 94.4 cm³/mol. The molecule has 5 fully saturated rings. The summed E-state index contributed by atoms with van der Waals surface area (Å²) in [6, 6.07) is 0. The number of methoxy groups -OCH3 is 1. The third-order valence-corrected chi connectivity index (χ3v) is 8.89. The maximum atomic E-state index is 12.8. The summed E-state index contributed by atoms with van der Waals surface area (Å²) in [5.41, 5.74) is -0.772. The molecule has 5 nitrogen and oxygen atoms in total. The largest absolute Gasteiger partial charge is 0.462 e. The quantitative estimate of drug-likeness (QED) is 0.667. The lowest BCUT2D eigenvalue weighted by Crippen LogP contribution is -2.65. The van der Waals surface area contributed by atoms with Gasteiger partial charge in [-0.05, 0) is 44.9 Å². The Morgan fingerprint density at radius 1 is 1.15 bits per heavy atom. The highest BCUT2D eigenvalue weighted by Gasteiger charge is 2.74. The minimum absolute atomic E-state index is 0.0247. The molecule has 0 N–H and O–H groups in total. The van der Waals surface area contributed by atoms with Gasteiger partial charge in [-0.2, -0.15) is 0 Å². The summed E-state index contributed by atoms with van der Waals surface area (Å²) in [4.78, 5) is 12.8. The fraction of sp³-hybridized carbons (Fsp3) is 0.952. The summed E-state index contributed by atoms with van der Waals surface area (Å²) in [6.07, 6.45) is 6.87. The van der Waals surface area contributed by atoms with Crippen molar-refractivity contribution in [1.29, 1.82) is 0 Å². The van der Waals surface area contributed by atoms with E-state index >= 15 is 0 Å². The number of esters is 1. The van der Waals surface area contributed by atoms with E-state index in [1.165, 1.54) is 0 Å². The number of hydrogen-bond acceptors (Lipinski definition) is 5. The molecule has 26 heavy (non-hydrogen) atoms. The van der Waals surface area contributed by atoms with Crippen molar-refractivity contribution < 1.29 is 23.7 Å². The van der Waals surface area contributed by atoms with Gasteiger partial charge in [-0.15, -0.1) is 0 Å². The van der Waals surface area contributed by atoms with Gasteiger partial charge in [0.15, 0.2) is 6.29 Å².